The van der Waals surface area contributed by atoms with Crippen LogP contribution >= 0.6 is 0 Å². The summed E-state index contributed by atoms with van der Waals surface area (Å²) in [5, 5.41) is 0. The molecule has 0 aliphatic heterocycles. The number of halogens is 5. The van der Waals surface area contributed by atoms with Gasteiger partial charge in [0.15, 0.2) is 23.3 Å². The van der Waals surface area contributed by atoms with Gasteiger partial charge >= 0.3 is 5.97 Å². The molecule has 0 N–H and O–H groups in total. The molecule has 7 heteroatoms. The Labute approximate surface area is 98.7 Å². The lowest BCUT2D eigenvalue weighted by Crippen LogP contribution is -2.11. The number of esters is 1. The minimum atomic E-state index is -2.23. The SMILES string of the molecule is C=CC(=O)OCCc1c(F)c(F)c(F)c(F)c1F. The molecular weight excluding hydrogens is 259 g/mol. The van der Waals surface area contributed by atoms with E-state index in [-0.39, 0.29) is 0 Å². The van der Waals surface area contributed by atoms with Crippen LogP contribution in [0, 0.1) is 29.1 Å². The lowest BCUT2D eigenvalue weighted by molar-refractivity contribution is -0.137. The Morgan fingerprint density at radius 3 is 1.89 bits per heavy atom. The second kappa shape index (κ2) is 5.61. The fourth-order valence-electron chi connectivity index (χ4n) is 1.18. The van der Waals surface area contributed by atoms with E-state index in [1.54, 1.807) is 0 Å². The van der Waals surface area contributed by atoms with E-state index >= 15 is 0 Å². The largest absolute Gasteiger partial charge is 0.462 e. The maximum absolute atomic E-state index is 13.1. The van der Waals surface area contributed by atoms with E-state index in [4.69, 9.17) is 0 Å². The Kier molecular flexibility index (Phi) is 4.41. The first-order chi connectivity index (χ1) is 8.40. The highest BCUT2D eigenvalue weighted by Gasteiger charge is 2.25. The molecule has 18 heavy (non-hydrogen) atoms. The predicted molar refractivity (Wildman–Crippen MR) is 51.1 cm³/mol. The first-order valence-corrected chi connectivity index (χ1v) is 4.69. The molecule has 1 aromatic rings. The van der Waals surface area contributed by atoms with E-state index in [9.17, 15) is 26.7 Å². The molecule has 0 fully saturated rings. The molecule has 2 nitrogen and oxygen atoms in total. The number of benzene rings is 1. The number of hydrogen-bond acceptors (Lipinski definition) is 2. The van der Waals surface area contributed by atoms with E-state index in [0.717, 1.165) is 6.08 Å². The lowest BCUT2D eigenvalue weighted by atomic mass is 10.1. The summed E-state index contributed by atoms with van der Waals surface area (Å²) in [6.45, 7) is 2.54. The van der Waals surface area contributed by atoms with Crippen LogP contribution in [0.25, 0.3) is 0 Å². The van der Waals surface area contributed by atoms with Crippen LogP contribution in [0.2, 0.25) is 0 Å². The molecule has 0 saturated heterocycles. The molecule has 0 radical (unpaired) electrons. The van der Waals surface area contributed by atoms with Crippen molar-refractivity contribution in [2.75, 3.05) is 6.61 Å². The highest BCUT2D eigenvalue weighted by atomic mass is 19.2. The molecule has 0 bridgehead atoms. The van der Waals surface area contributed by atoms with E-state index in [1.165, 1.54) is 0 Å². The summed E-state index contributed by atoms with van der Waals surface area (Å²) in [4.78, 5) is 10.6. The Morgan fingerprint density at radius 2 is 1.44 bits per heavy atom. The smallest absolute Gasteiger partial charge is 0.330 e. The highest BCUT2D eigenvalue weighted by molar-refractivity contribution is 5.81. The van der Waals surface area contributed by atoms with Gasteiger partial charge in [-0.15, -0.1) is 0 Å². The topological polar surface area (TPSA) is 26.3 Å². The van der Waals surface area contributed by atoms with Crippen LogP contribution in [0.3, 0.4) is 0 Å². The fraction of sp³-hybridized carbons (Fsp3) is 0.182. The van der Waals surface area contributed by atoms with Gasteiger partial charge in [0.25, 0.3) is 0 Å². The second-order valence-electron chi connectivity index (χ2n) is 3.17. The third-order valence-electron chi connectivity index (χ3n) is 2.06. The summed E-state index contributed by atoms with van der Waals surface area (Å²) in [6, 6.07) is 0. The number of hydrogen-bond donors (Lipinski definition) is 0. The van der Waals surface area contributed by atoms with Gasteiger partial charge in [0.2, 0.25) is 5.82 Å². The maximum atomic E-state index is 13.1. The van der Waals surface area contributed by atoms with E-state index < -0.39 is 53.6 Å². The normalized spacial score (nSPS) is 10.3. The summed E-state index contributed by atoms with van der Waals surface area (Å²) in [5.41, 5.74) is -1.02. The minimum Gasteiger partial charge on any atom is -0.462 e. The fourth-order valence-corrected chi connectivity index (χ4v) is 1.18. The van der Waals surface area contributed by atoms with E-state index in [0.29, 0.717) is 0 Å². The number of carbonyl (C=O) groups excluding carboxylic acids is 1. The van der Waals surface area contributed by atoms with E-state index in [1.807, 2.05) is 0 Å². The van der Waals surface area contributed by atoms with Gasteiger partial charge in [0, 0.05) is 18.1 Å². The van der Waals surface area contributed by atoms with Crippen molar-refractivity contribution in [3.63, 3.8) is 0 Å². The Hall–Kier alpha value is -1.92. The van der Waals surface area contributed by atoms with Crippen LogP contribution in [0.15, 0.2) is 12.7 Å². The summed E-state index contributed by atoms with van der Waals surface area (Å²) in [5.74, 6) is -11.0. The van der Waals surface area contributed by atoms with Crippen LogP contribution in [-0.2, 0) is 16.0 Å². The lowest BCUT2D eigenvalue weighted by Gasteiger charge is -2.08. The molecule has 0 unspecified atom stereocenters. The molecule has 0 amide bonds. The van der Waals surface area contributed by atoms with Crippen molar-refractivity contribution in [1.29, 1.82) is 0 Å². The minimum absolute atomic E-state index is 0.525. The summed E-state index contributed by atoms with van der Waals surface area (Å²) in [6.07, 6.45) is 0.171. The Balaban J connectivity index is 2.96. The zero-order valence-corrected chi connectivity index (χ0v) is 8.90. The average Bonchev–Trinajstić information content (AvgIpc) is 2.37. The third kappa shape index (κ3) is 2.66. The van der Waals surface area contributed by atoms with Crippen molar-refractivity contribution in [1.82, 2.24) is 0 Å². The molecule has 98 valence electrons. The van der Waals surface area contributed by atoms with Gasteiger partial charge in [0.1, 0.15) is 0 Å². The molecule has 1 aromatic carbocycles. The van der Waals surface area contributed by atoms with Crippen molar-refractivity contribution in [2.45, 2.75) is 6.42 Å². The standard InChI is InChI=1S/C11H7F5O2/c1-2-6(17)18-4-3-5-7(12)9(14)11(16)10(15)8(5)13/h2H,1,3-4H2. The Morgan fingerprint density at radius 1 is 1.00 bits per heavy atom. The molecule has 0 spiro atoms. The first kappa shape index (κ1) is 14.1. The van der Waals surface area contributed by atoms with Crippen molar-refractivity contribution >= 4 is 5.97 Å². The number of ether oxygens (including phenoxy) is 1. The van der Waals surface area contributed by atoms with Gasteiger partial charge in [-0.2, -0.15) is 0 Å². The summed E-state index contributed by atoms with van der Waals surface area (Å²) >= 11 is 0. The van der Waals surface area contributed by atoms with Crippen LogP contribution in [-0.4, -0.2) is 12.6 Å². The second-order valence-corrected chi connectivity index (χ2v) is 3.17. The van der Waals surface area contributed by atoms with E-state index in [2.05, 4.69) is 11.3 Å². The monoisotopic (exact) mass is 266 g/mol. The molecule has 0 saturated carbocycles. The van der Waals surface area contributed by atoms with Crippen LogP contribution < -0.4 is 0 Å². The maximum Gasteiger partial charge on any atom is 0.330 e. The van der Waals surface area contributed by atoms with Crippen molar-refractivity contribution in [2.24, 2.45) is 0 Å². The van der Waals surface area contributed by atoms with Gasteiger partial charge in [0.05, 0.1) is 6.61 Å². The quantitative estimate of drug-likeness (QED) is 0.275. The average molecular weight is 266 g/mol. The molecule has 0 aliphatic rings. The van der Waals surface area contributed by atoms with Crippen molar-refractivity contribution < 1.29 is 31.5 Å². The summed E-state index contributed by atoms with van der Waals surface area (Å²) in [7, 11) is 0. The molecule has 0 aliphatic carbocycles. The van der Waals surface area contributed by atoms with Crippen molar-refractivity contribution in [3.05, 3.63) is 47.3 Å². The van der Waals surface area contributed by atoms with Gasteiger partial charge in [-0.05, 0) is 0 Å². The van der Waals surface area contributed by atoms with Gasteiger partial charge < -0.3 is 4.74 Å². The first-order valence-electron chi connectivity index (χ1n) is 4.69. The molecule has 0 aromatic heterocycles. The number of rotatable bonds is 4. The van der Waals surface area contributed by atoms with Crippen LogP contribution in [0.1, 0.15) is 5.56 Å². The van der Waals surface area contributed by atoms with Gasteiger partial charge in [-0.1, -0.05) is 6.58 Å². The zero-order valence-electron chi connectivity index (χ0n) is 8.90. The van der Waals surface area contributed by atoms with Gasteiger partial charge in [-0.25, -0.2) is 26.7 Å². The molecule has 1 rings (SSSR count). The van der Waals surface area contributed by atoms with Crippen LogP contribution in [0.4, 0.5) is 22.0 Å². The summed E-state index contributed by atoms with van der Waals surface area (Å²) < 4.78 is 68.9. The number of carbonyl (C=O) groups is 1. The molecular formula is C11H7F5O2. The molecule has 0 heterocycles. The van der Waals surface area contributed by atoms with Crippen molar-refractivity contribution in [3.8, 4) is 0 Å². The third-order valence-corrected chi connectivity index (χ3v) is 2.06. The predicted octanol–water partition coefficient (Wildman–Crippen LogP) is 2.65. The van der Waals surface area contributed by atoms with Gasteiger partial charge in [-0.3, -0.25) is 0 Å². The molecule has 0 atom stereocenters. The van der Waals surface area contributed by atoms with Crippen LogP contribution in [0.5, 0.6) is 0 Å². The highest BCUT2D eigenvalue weighted by Crippen LogP contribution is 2.23. The Bertz CT molecular complexity index is 470. The zero-order chi connectivity index (χ0) is 13.9.